The van der Waals surface area contributed by atoms with Crippen LogP contribution in [-0.4, -0.2) is 48.7 Å². The minimum Gasteiger partial charge on any atom is -0.396 e. The number of aliphatic hydroxyl groups excluding tert-OH is 1. The Hall–Kier alpha value is -0.870. The van der Waals surface area contributed by atoms with E-state index in [-0.39, 0.29) is 5.91 Å². The summed E-state index contributed by atoms with van der Waals surface area (Å²) in [4.78, 5) is 13.7. The largest absolute Gasteiger partial charge is 0.396 e. The summed E-state index contributed by atoms with van der Waals surface area (Å²) < 4.78 is 0. The van der Waals surface area contributed by atoms with Crippen LogP contribution in [-0.2, 0) is 4.79 Å². The van der Waals surface area contributed by atoms with Crippen molar-refractivity contribution in [3.63, 3.8) is 0 Å². The van der Waals surface area contributed by atoms with Crippen molar-refractivity contribution in [2.45, 2.75) is 31.7 Å². The van der Waals surface area contributed by atoms with Crippen molar-refractivity contribution >= 4 is 5.91 Å². The summed E-state index contributed by atoms with van der Waals surface area (Å²) in [5.74, 6) is 0.519. The van der Waals surface area contributed by atoms with E-state index < -0.39 is 0 Å². The highest BCUT2D eigenvalue weighted by molar-refractivity contribution is 5.78. The molecule has 1 rings (SSSR count). The standard InChI is InChI=1S/C13H24N2O2/c1-3-8-14-13(17)9-15(2)12-6-4-11(10-16)5-7-12/h3,11-12,16H,1,4-10H2,2H3,(H,14,17). The summed E-state index contributed by atoms with van der Waals surface area (Å²) in [5.41, 5.74) is 0. The number of carbonyl (C=O) groups excluding carboxylic acids is 1. The lowest BCUT2D eigenvalue weighted by atomic mass is 9.86. The number of carbonyl (C=O) groups is 1. The highest BCUT2D eigenvalue weighted by atomic mass is 16.3. The second kappa shape index (κ2) is 7.45. The van der Waals surface area contributed by atoms with Gasteiger partial charge in [-0.05, 0) is 38.6 Å². The molecule has 4 nitrogen and oxygen atoms in total. The first-order valence-corrected chi connectivity index (χ1v) is 6.36. The Labute approximate surface area is 104 Å². The van der Waals surface area contributed by atoms with Crippen LogP contribution in [0.2, 0.25) is 0 Å². The van der Waals surface area contributed by atoms with Crippen LogP contribution in [0.15, 0.2) is 12.7 Å². The van der Waals surface area contributed by atoms with E-state index in [0.717, 1.165) is 25.7 Å². The van der Waals surface area contributed by atoms with Gasteiger partial charge < -0.3 is 10.4 Å². The van der Waals surface area contributed by atoms with E-state index >= 15 is 0 Å². The molecule has 4 heteroatoms. The first-order chi connectivity index (χ1) is 8.17. The smallest absolute Gasteiger partial charge is 0.234 e. The first kappa shape index (κ1) is 14.2. The molecule has 1 aliphatic carbocycles. The number of amides is 1. The molecule has 0 aromatic heterocycles. The van der Waals surface area contributed by atoms with E-state index in [1.165, 1.54) is 0 Å². The highest BCUT2D eigenvalue weighted by Crippen LogP contribution is 2.26. The van der Waals surface area contributed by atoms with Gasteiger partial charge in [0.2, 0.25) is 5.91 Å². The van der Waals surface area contributed by atoms with Crippen molar-refractivity contribution in [3.05, 3.63) is 12.7 Å². The van der Waals surface area contributed by atoms with Crippen LogP contribution in [0.25, 0.3) is 0 Å². The summed E-state index contributed by atoms with van der Waals surface area (Å²) in [6.07, 6.45) is 5.98. The quantitative estimate of drug-likeness (QED) is 0.674. The molecule has 1 fully saturated rings. The zero-order chi connectivity index (χ0) is 12.7. The fourth-order valence-electron chi connectivity index (χ4n) is 2.37. The van der Waals surface area contributed by atoms with Crippen LogP contribution in [0.3, 0.4) is 0 Å². The van der Waals surface area contributed by atoms with Gasteiger partial charge in [0, 0.05) is 19.2 Å². The zero-order valence-corrected chi connectivity index (χ0v) is 10.7. The lowest BCUT2D eigenvalue weighted by Gasteiger charge is -2.33. The molecular formula is C13H24N2O2. The zero-order valence-electron chi connectivity index (χ0n) is 10.7. The Morgan fingerprint density at radius 3 is 2.65 bits per heavy atom. The Kier molecular flexibility index (Phi) is 6.22. The molecule has 17 heavy (non-hydrogen) atoms. The van der Waals surface area contributed by atoms with Gasteiger partial charge in [0.25, 0.3) is 0 Å². The van der Waals surface area contributed by atoms with Crippen LogP contribution in [0.5, 0.6) is 0 Å². The maximum absolute atomic E-state index is 11.5. The molecule has 98 valence electrons. The average Bonchev–Trinajstić information content (AvgIpc) is 2.36. The molecule has 0 heterocycles. The van der Waals surface area contributed by atoms with Crippen LogP contribution in [0.4, 0.5) is 0 Å². The lowest BCUT2D eigenvalue weighted by Crippen LogP contribution is -2.42. The number of nitrogens with zero attached hydrogens (tertiary/aromatic N) is 1. The first-order valence-electron chi connectivity index (χ1n) is 6.36. The van der Waals surface area contributed by atoms with Gasteiger partial charge in [0.15, 0.2) is 0 Å². The average molecular weight is 240 g/mol. The van der Waals surface area contributed by atoms with Gasteiger partial charge in [-0.3, -0.25) is 9.69 Å². The predicted molar refractivity (Wildman–Crippen MR) is 68.7 cm³/mol. The maximum atomic E-state index is 11.5. The number of rotatable bonds is 6. The number of hydrogen-bond donors (Lipinski definition) is 2. The van der Waals surface area contributed by atoms with Crippen LogP contribution < -0.4 is 5.32 Å². The molecule has 0 aliphatic heterocycles. The van der Waals surface area contributed by atoms with E-state index in [2.05, 4.69) is 16.8 Å². The summed E-state index contributed by atoms with van der Waals surface area (Å²) in [6, 6.07) is 0.479. The van der Waals surface area contributed by atoms with E-state index in [4.69, 9.17) is 5.11 Å². The van der Waals surface area contributed by atoms with Gasteiger partial charge in [-0.15, -0.1) is 6.58 Å². The fraction of sp³-hybridized carbons (Fsp3) is 0.769. The topological polar surface area (TPSA) is 52.6 Å². The molecule has 2 N–H and O–H groups in total. The van der Waals surface area contributed by atoms with Gasteiger partial charge >= 0.3 is 0 Å². The van der Waals surface area contributed by atoms with Gasteiger partial charge in [0.05, 0.1) is 6.54 Å². The number of nitrogens with one attached hydrogen (secondary N) is 1. The number of aliphatic hydroxyl groups is 1. The van der Waals surface area contributed by atoms with Gasteiger partial charge in [-0.25, -0.2) is 0 Å². The monoisotopic (exact) mass is 240 g/mol. The van der Waals surface area contributed by atoms with Crippen molar-refractivity contribution in [1.82, 2.24) is 10.2 Å². The third-order valence-electron chi connectivity index (χ3n) is 3.53. The molecule has 1 saturated carbocycles. The maximum Gasteiger partial charge on any atom is 0.234 e. The molecule has 0 bridgehead atoms. The van der Waals surface area contributed by atoms with E-state index in [1.54, 1.807) is 6.08 Å². The third-order valence-corrected chi connectivity index (χ3v) is 3.53. The molecule has 0 unspecified atom stereocenters. The van der Waals surface area contributed by atoms with Gasteiger partial charge in [-0.2, -0.15) is 0 Å². The molecule has 1 amide bonds. The van der Waals surface area contributed by atoms with E-state index in [9.17, 15) is 4.79 Å². The van der Waals surface area contributed by atoms with Crippen molar-refractivity contribution in [1.29, 1.82) is 0 Å². The lowest BCUT2D eigenvalue weighted by molar-refractivity contribution is -0.122. The highest BCUT2D eigenvalue weighted by Gasteiger charge is 2.24. The second-order valence-corrected chi connectivity index (χ2v) is 4.86. The van der Waals surface area contributed by atoms with E-state index in [1.807, 2.05) is 7.05 Å². The molecule has 1 aliphatic rings. The molecule has 0 spiro atoms. The van der Waals surface area contributed by atoms with Crippen molar-refractivity contribution in [2.24, 2.45) is 5.92 Å². The Morgan fingerprint density at radius 2 is 2.12 bits per heavy atom. The Balaban J connectivity index is 2.26. The summed E-state index contributed by atoms with van der Waals surface area (Å²) in [6.45, 7) is 4.85. The Bertz CT molecular complexity index is 248. The predicted octanol–water partition coefficient (Wildman–Crippen LogP) is 0.771. The number of hydrogen-bond acceptors (Lipinski definition) is 3. The minimum absolute atomic E-state index is 0.0525. The SMILES string of the molecule is C=CCNC(=O)CN(C)C1CCC(CO)CC1. The summed E-state index contributed by atoms with van der Waals surface area (Å²) >= 11 is 0. The van der Waals surface area contributed by atoms with Crippen molar-refractivity contribution in [2.75, 3.05) is 26.7 Å². The minimum atomic E-state index is 0.0525. The second-order valence-electron chi connectivity index (χ2n) is 4.86. The fourth-order valence-corrected chi connectivity index (χ4v) is 2.37. The molecule has 0 aromatic carbocycles. The van der Waals surface area contributed by atoms with E-state index in [0.29, 0.717) is 31.7 Å². The molecular weight excluding hydrogens is 216 g/mol. The van der Waals surface area contributed by atoms with Crippen molar-refractivity contribution < 1.29 is 9.90 Å². The van der Waals surface area contributed by atoms with Crippen LogP contribution in [0.1, 0.15) is 25.7 Å². The third kappa shape index (κ3) is 4.88. The Morgan fingerprint density at radius 1 is 1.47 bits per heavy atom. The number of likely N-dealkylation sites (N-methyl/N-ethyl adjacent to an activating group) is 1. The van der Waals surface area contributed by atoms with Gasteiger partial charge in [-0.1, -0.05) is 6.08 Å². The van der Waals surface area contributed by atoms with Gasteiger partial charge in [0.1, 0.15) is 0 Å². The molecule has 0 radical (unpaired) electrons. The summed E-state index contributed by atoms with van der Waals surface area (Å²) in [5, 5.41) is 11.9. The van der Waals surface area contributed by atoms with Crippen LogP contribution >= 0.6 is 0 Å². The van der Waals surface area contributed by atoms with Crippen LogP contribution in [0, 0.1) is 5.92 Å². The van der Waals surface area contributed by atoms with Crippen molar-refractivity contribution in [3.8, 4) is 0 Å². The molecule has 0 aromatic rings. The normalized spacial score (nSPS) is 24.6. The molecule has 0 saturated heterocycles. The molecule has 0 atom stereocenters. The summed E-state index contributed by atoms with van der Waals surface area (Å²) in [7, 11) is 2.00.